The van der Waals surface area contributed by atoms with Gasteiger partial charge in [0, 0.05) is 11.5 Å². The van der Waals surface area contributed by atoms with E-state index >= 15 is 0 Å². The quantitative estimate of drug-likeness (QED) is 0.845. The summed E-state index contributed by atoms with van der Waals surface area (Å²) in [5.74, 6) is 0.539. The number of rotatable bonds is 3. The molecule has 1 nitrogen and oxygen atoms in total. The molecular weight excluding hydrogens is 213 g/mol. The molecule has 0 saturated carbocycles. The molecule has 1 fully saturated rings. The van der Waals surface area contributed by atoms with Crippen LogP contribution >= 0.6 is 0 Å². The second kappa shape index (κ2) is 4.77. The highest BCUT2D eigenvalue weighted by Crippen LogP contribution is 2.37. The average Bonchev–Trinajstić information content (AvgIpc) is 2.61. The second-order valence-electron chi connectivity index (χ2n) is 5.81. The minimum Gasteiger partial charge on any atom is -0.313 e. The van der Waals surface area contributed by atoms with Crippen molar-refractivity contribution in [2.75, 3.05) is 6.54 Å². The Morgan fingerprint density at radius 1 is 1.47 bits per heavy atom. The van der Waals surface area contributed by atoms with Crippen molar-refractivity contribution < 1.29 is 4.39 Å². The normalized spacial score (nSPS) is 28.9. The number of hydrogen-bond acceptors (Lipinski definition) is 1. The molecule has 1 heterocycles. The van der Waals surface area contributed by atoms with Crippen molar-refractivity contribution in [1.82, 2.24) is 5.32 Å². The van der Waals surface area contributed by atoms with E-state index in [4.69, 9.17) is 0 Å². The maximum absolute atomic E-state index is 13.4. The largest absolute Gasteiger partial charge is 0.313 e. The number of nitrogens with one attached hydrogen (secondary N) is 1. The van der Waals surface area contributed by atoms with Crippen LogP contribution in [0.1, 0.15) is 39.2 Å². The average molecular weight is 235 g/mol. The molecule has 2 rings (SSSR count). The van der Waals surface area contributed by atoms with Crippen LogP contribution in [0.15, 0.2) is 24.3 Å². The SMILES string of the molecule is CC(C)CC1NCCC1(C)c1cccc(F)c1. The summed E-state index contributed by atoms with van der Waals surface area (Å²) < 4.78 is 13.4. The van der Waals surface area contributed by atoms with E-state index in [1.807, 2.05) is 6.07 Å². The molecule has 0 radical (unpaired) electrons. The highest BCUT2D eigenvalue weighted by Gasteiger charge is 2.40. The Morgan fingerprint density at radius 3 is 2.88 bits per heavy atom. The molecule has 0 spiro atoms. The summed E-state index contributed by atoms with van der Waals surface area (Å²) in [6.07, 6.45) is 2.24. The first-order valence-corrected chi connectivity index (χ1v) is 6.52. The third kappa shape index (κ3) is 2.52. The monoisotopic (exact) mass is 235 g/mol. The summed E-state index contributed by atoms with van der Waals surface area (Å²) in [6.45, 7) is 7.78. The van der Waals surface area contributed by atoms with Crippen LogP contribution in [0.3, 0.4) is 0 Å². The van der Waals surface area contributed by atoms with Gasteiger partial charge in [0.25, 0.3) is 0 Å². The van der Waals surface area contributed by atoms with Crippen molar-refractivity contribution in [3.63, 3.8) is 0 Å². The van der Waals surface area contributed by atoms with Crippen molar-refractivity contribution in [2.45, 2.75) is 45.1 Å². The van der Waals surface area contributed by atoms with Crippen molar-refractivity contribution >= 4 is 0 Å². The molecule has 0 bridgehead atoms. The molecule has 1 aliphatic heterocycles. The van der Waals surface area contributed by atoms with Gasteiger partial charge in [-0.1, -0.05) is 32.9 Å². The molecule has 0 amide bonds. The zero-order valence-electron chi connectivity index (χ0n) is 11.0. The topological polar surface area (TPSA) is 12.0 Å². The van der Waals surface area contributed by atoms with Gasteiger partial charge >= 0.3 is 0 Å². The Labute approximate surface area is 103 Å². The second-order valence-corrected chi connectivity index (χ2v) is 5.81. The van der Waals surface area contributed by atoms with Gasteiger partial charge in [0.05, 0.1) is 0 Å². The standard InChI is InChI=1S/C15H22FN/c1-11(2)9-14-15(3,7-8-17-14)12-5-4-6-13(16)10-12/h4-6,10-11,14,17H,7-9H2,1-3H3. The van der Waals surface area contributed by atoms with Gasteiger partial charge in [-0.25, -0.2) is 4.39 Å². The van der Waals surface area contributed by atoms with Crippen molar-refractivity contribution in [1.29, 1.82) is 0 Å². The molecule has 2 unspecified atom stereocenters. The molecule has 0 aromatic heterocycles. The molecule has 17 heavy (non-hydrogen) atoms. The molecule has 1 aromatic rings. The minimum atomic E-state index is -0.126. The summed E-state index contributed by atoms with van der Waals surface area (Å²) in [5.41, 5.74) is 1.21. The molecule has 1 aromatic carbocycles. The Hall–Kier alpha value is -0.890. The Morgan fingerprint density at radius 2 is 2.24 bits per heavy atom. The van der Waals surface area contributed by atoms with Crippen LogP contribution in [0.4, 0.5) is 4.39 Å². The van der Waals surface area contributed by atoms with E-state index in [1.165, 1.54) is 6.07 Å². The first-order chi connectivity index (χ1) is 8.02. The lowest BCUT2D eigenvalue weighted by Crippen LogP contribution is -2.39. The lowest BCUT2D eigenvalue weighted by molar-refractivity contribution is 0.343. The maximum Gasteiger partial charge on any atom is 0.123 e. The molecule has 94 valence electrons. The Bertz CT molecular complexity index is 388. The van der Waals surface area contributed by atoms with Crippen molar-refractivity contribution in [3.05, 3.63) is 35.6 Å². The smallest absolute Gasteiger partial charge is 0.123 e. The van der Waals surface area contributed by atoms with E-state index in [0.29, 0.717) is 12.0 Å². The predicted octanol–water partition coefficient (Wildman–Crippen LogP) is 3.49. The first-order valence-electron chi connectivity index (χ1n) is 6.52. The van der Waals surface area contributed by atoms with Gasteiger partial charge in [-0.15, -0.1) is 0 Å². The molecule has 2 heteroatoms. The minimum absolute atomic E-state index is 0.0758. The third-order valence-corrected chi connectivity index (χ3v) is 4.00. The summed E-state index contributed by atoms with van der Waals surface area (Å²) in [7, 11) is 0. The van der Waals surface area contributed by atoms with Gasteiger partial charge in [-0.05, 0) is 43.0 Å². The fourth-order valence-corrected chi connectivity index (χ4v) is 2.91. The van der Waals surface area contributed by atoms with Gasteiger partial charge in [0.2, 0.25) is 0 Å². The Kier molecular flexibility index (Phi) is 3.53. The molecule has 0 aliphatic carbocycles. The summed E-state index contributed by atoms with van der Waals surface area (Å²) in [4.78, 5) is 0. The Balaban J connectivity index is 2.27. The number of halogens is 1. The van der Waals surface area contributed by atoms with E-state index in [0.717, 1.165) is 24.9 Å². The van der Waals surface area contributed by atoms with Crippen LogP contribution in [-0.4, -0.2) is 12.6 Å². The van der Waals surface area contributed by atoms with Crippen molar-refractivity contribution in [2.24, 2.45) is 5.92 Å². The van der Waals surface area contributed by atoms with E-state index in [9.17, 15) is 4.39 Å². The zero-order chi connectivity index (χ0) is 12.5. The predicted molar refractivity (Wildman–Crippen MR) is 69.6 cm³/mol. The summed E-state index contributed by atoms with van der Waals surface area (Å²) in [5, 5.41) is 3.57. The van der Waals surface area contributed by atoms with Crippen LogP contribution < -0.4 is 5.32 Å². The van der Waals surface area contributed by atoms with Crippen molar-refractivity contribution in [3.8, 4) is 0 Å². The van der Waals surface area contributed by atoms with E-state index in [1.54, 1.807) is 6.07 Å². The van der Waals surface area contributed by atoms with Gasteiger partial charge in [-0.3, -0.25) is 0 Å². The van der Waals surface area contributed by atoms with Gasteiger partial charge in [-0.2, -0.15) is 0 Å². The van der Waals surface area contributed by atoms with E-state index in [-0.39, 0.29) is 11.2 Å². The van der Waals surface area contributed by atoms with E-state index < -0.39 is 0 Å². The van der Waals surface area contributed by atoms with Crippen LogP contribution in [0.2, 0.25) is 0 Å². The lowest BCUT2D eigenvalue weighted by atomic mass is 9.73. The van der Waals surface area contributed by atoms with E-state index in [2.05, 4.69) is 32.2 Å². The summed E-state index contributed by atoms with van der Waals surface area (Å²) >= 11 is 0. The van der Waals surface area contributed by atoms with Gasteiger partial charge < -0.3 is 5.32 Å². The summed E-state index contributed by atoms with van der Waals surface area (Å²) in [6, 6.07) is 7.56. The fourth-order valence-electron chi connectivity index (χ4n) is 2.91. The molecule has 1 aliphatic rings. The highest BCUT2D eigenvalue weighted by molar-refractivity contribution is 5.29. The van der Waals surface area contributed by atoms with Gasteiger partial charge in [0.15, 0.2) is 0 Å². The molecule has 2 atom stereocenters. The van der Waals surface area contributed by atoms with Crippen LogP contribution in [0, 0.1) is 11.7 Å². The highest BCUT2D eigenvalue weighted by atomic mass is 19.1. The number of hydrogen-bond donors (Lipinski definition) is 1. The molecule has 1 N–H and O–H groups in total. The lowest BCUT2D eigenvalue weighted by Gasteiger charge is -2.33. The number of benzene rings is 1. The fraction of sp³-hybridized carbons (Fsp3) is 0.600. The van der Waals surface area contributed by atoms with Crippen LogP contribution in [-0.2, 0) is 5.41 Å². The first kappa shape index (κ1) is 12.6. The molecule has 1 saturated heterocycles. The molecular formula is C15H22FN. The van der Waals surface area contributed by atoms with Crippen LogP contribution in [0.5, 0.6) is 0 Å². The zero-order valence-corrected chi connectivity index (χ0v) is 11.0. The third-order valence-electron chi connectivity index (χ3n) is 4.00. The van der Waals surface area contributed by atoms with Gasteiger partial charge in [0.1, 0.15) is 5.82 Å². The maximum atomic E-state index is 13.4. The van der Waals surface area contributed by atoms with Crippen LogP contribution in [0.25, 0.3) is 0 Å².